The van der Waals surface area contributed by atoms with Crippen LogP contribution in [-0.2, 0) is 16.8 Å². The highest BCUT2D eigenvalue weighted by atomic mass is 16.3. The van der Waals surface area contributed by atoms with Gasteiger partial charge < -0.3 is 10.2 Å². The van der Waals surface area contributed by atoms with Gasteiger partial charge in [0.25, 0.3) is 5.91 Å². The lowest BCUT2D eigenvalue weighted by Gasteiger charge is -2.26. The molecule has 1 amide bonds. The van der Waals surface area contributed by atoms with E-state index < -0.39 is 5.54 Å². The molecule has 0 spiro atoms. The van der Waals surface area contributed by atoms with Gasteiger partial charge in [-0.25, -0.2) is 4.99 Å². The molecule has 0 radical (unpaired) electrons. The molecule has 6 nitrogen and oxygen atoms in total. The second-order valence-corrected chi connectivity index (χ2v) is 6.72. The highest BCUT2D eigenvalue weighted by Crippen LogP contribution is 2.39. The predicted octanol–water partition coefficient (Wildman–Crippen LogP) is 2.74. The molecule has 6 heteroatoms. The number of likely N-dealkylation sites (N-methyl/N-ethyl adjacent to an activating group) is 1. The summed E-state index contributed by atoms with van der Waals surface area (Å²) in [5.41, 5.74) is 7.44. The number of benzene rings is 2. The molecule has 28 heavy (non-hydrogen) atoms. The van der Waals surface area contributed by atoms with E-state index >= 15 is 0 Å². The van der Waals surface area contributed by atoms with Crippen molar-refractivity contribution < 1.29 is 14.0 Å². The number of hydrogen-bond acceptors (Lipinski definition) is 5. The Kier molecular flexibility index (Phi) is 4.31. The fourth-order valence-electron chi connectivity index (χ4n) is 3.48. The van der Waals surface area contributed by atoms with Gasteiger partial charge >= 0.3 is 0 Å². The minimum Gasteiger partial charge on any atom is -0.472 e. The van der Waals surface area contributed by atoms with Crippen molar-refractivity contribution in [1.82, 2.24) is 4.90 Å². The van der Waals surface area contributed by atoms with E-state index in [2.05, 4.69) is 4.99 Å². The first-order valence-corrected chi connectivity index (χ1v) is 8.86. The number of aliphatic imine (C=N–C) groups is 1. The zero-order chi connectivity index (χ0) is 19.7. The van der Waals surface area contributed by atoms with Crippen molar-refractivity contribution >= 4 is 17.6 Å². The lowest BCUT2D eigenvalue weighted by Crippen LogP contribution is -2.41. The van der Waals surface area contributed by atoms with Crippen molar-refractivity contribution in [3.05, 3.63) is 95.4 Å². The highest BCUT2D eigenvalue weighted by molar-refractivity contribution is 6.09. The Bertz CT molecular complexity index is 1060. The number of ketones is 1. The molecule has 1 aliphatic heterocycles. The fraction of sp³-hybridized carbons (Fsp3) is 0.136. The monoisotopic (exact) mass is 373 g/mol. The largest absolute Gasteiger partial charge is 0.472 e. The minimum absolute atomic E-state index is 0.0578. The zero-order valence-electron chi connectivity index (χ0n) is 15.3. The molecular formula is C22H19N3O3. The summed E-state index contributed by atoms with van der Waals surface area (Å²) in [6.07, 6.45) is 3.10. The second-order valence-electron chi connectivity index (χ2n) is 6.72. The van der Waals surface area contributed by atoms with E-state index in [0.717, 1.165) is 11.1 Å². The molecule has 0 bridgehead atoms. The topological polar surface area (TPSA) is 88.9 Å². The molecule has 2 heterocycles. The molecule has 1 unspecified atom stereocenters. The molecular weight excluding hydrogens is 354 g/mol. The molecule has 0 fully saturated rings. The third kappa shape index (κ3) is 2.79. The van der Waals surface area contributed by atoms with E-state index in [4.69, 9.17) is 10.2 Å². The van der Waals surface area contributed by atoms with E-state index in [9.17, 15) is 9.59 Å². The van der Waals surface area contributed by atoms with E-state index in [1.165, 1.54) is 17.4 Å². The van der Waals surface area contributed by atoms with E-state index in [-0.39, 0.29) is 24.1 Å². The van der Waals surface area contributed by atoms with Crippen molar-refractivity contribution in [3.8, 4) is 0 Å². The number of carbonyl (C=O) groups is 2. The Labute approximate surface area is 162 Å². The number of nitrogens with zero attached hydrogens (tertiary/aromatic N) is 2. The van der Waals surface area contributed by atoms with Crippen LogP contribution in [0.2, 0.25) is 0 Å². The fourth-order valence-corrected chi connectivity index (χ4v) is 3.48. The summed E-state index contributed by atoms with van der Waals surface area (Å²) in [4.78, 5) is 31.6. The smallest absolute Gasteiger partial charge is 0.266 e. The maximum atomic E-state index is 13.2. The molecule has 140 valence electrons. The van der Waals surface area contributed by atoms with Gasteiger partial charge in [-0.05, 0) is 22.8 Å². The van der Waals surface area contributed by atoms with Gasteiger partial charge in [0.1, 0.15) is 6.26 Å². The third-order valence-corrected chi connectivity index (χ3v) is 4.98. The Balaban J connectivity index is 1.79. The first-order valence-electron chi connectivity index (χ1n) is 8.86. The molecule has 1 aromatic heterocycles. The van der Waals surface area contributed by atoms with E-state index in [1.807, 2.05) is 54.6 Å². The zero-order valence-corrected chi connectivity index (χ0v) is 15.3. The Morgan fingerprint density at radius 1 is 1.11 bits per heavy atom. The van der Waals surface area contributed by atoms with Crippen LogP contribution < -0.4 is 5.73 Å². The van der Waals surface area contributed by atoms with Crippen LogP contribution in [0.15, 0.2) is 82.6 Å². The average molecular weight is 373 g/mol. The number of amides is 1. The summed E-state index contributed by atoms with van der Waals surface area (Å²) in [5, 5.41) is 0. The van der Waals surface area contributed by atoms with Crippen LogP contribution in [0, 0.1) is 0 Å². The number of furan rings is 1. The van der Waals surface area contributed by atoms with Crippen molar-refractivity contribution in [2.24, 2.45) is 10.7 Å². The number of guanidine groups is 1. The molecule has 2 aromatic carbocycles. The van der Waals surface area contributed by atoms with Crippen molar-refractivity contribution in [3.63, 3.8) is 0 Å². The van der Waals surface area contributed by atoms with Crippen LogP contribution in [0.4, 0.5) is 0 Å². The van der Waals surface area contributed by atoms with Crippen molar-refractivity contribution in [2.45, 2.75) is 12.0 Å². The van der Waals surface area contributed by atoms with Gasteiger partial charge in [-0.3, -0.25) is 14.5 Å². The number of hydrogen-bond donors (Lipinski definition) is 1. The lowest BCUT2D eigenvalue weighted by molar-refractivity contribution is -0.129. The summed E-state index contributed by atoms with van der Waals surface area (Å²) in [6, 6.07) is 18.3. The van der Waals surface area contributed by atoms with Crippen LogP contribution in [-0.4, -0.2) is 29.6 Å². The first kappa shape index (κ1) is 17.7. The van der Waals surface area contributed by atoms with Gasteiger partial charge in [0.15, 0.2) is 17.3 Å². The van der Waals surface area contributed by atoms with Crippen LogP contribution in [0.3, 0.4) is 0 Å². The molecule has 0 aliphatic carbocycles. The molecule has 3 aromatic rings. The van der Waals surface area contributed by atoms with Crippen LogP contribution in [0.25, 0.3) is 0 Å². The lowest BCUT2D eigenvalue weighted by atomic mass is 9.82. The maximum absolute atomic E-state index is 13.2. The summed E-state index contributed by atoms with van der Waals surface area (Å²) in [7, 11) is 1.61. The number of rotatable bonds is 5. The van der Waals surface area contributed by atoms with Crippen molar-refractivity contribution in [2.75, 3.05) is 7.05 Å². The van der Waals surface area contributed by atoms with Crippen molar-refractivity contribution in [1.29, 1.82) is 0 Å². The predicted molar refractivity (Wildman–Crippen MR) is 105 cm³/mol. The molecule has 4 rings (SSSR count). The van der Waals surface area contributed by atoms with Gasteiger partial charge in [0.05, 0.1) is 11.8 Å². The number of carbonyl (C=O) groups excluding carboxylic acids is 2. The number of nitrogens with two attached hydrogens (primary N) is 1. The minimum atomic E-state index is -1.26. The van der Waals surface area contributed by atoms with Gasteiger partial charge in [0.2, 0.25) is 0 Å². The van der Waals surface area contributed by atoms with E-state index in [1.54, 1.807) is 13.1 Å². The molecule has 1 atom stereocenters. The van der Waals surface area contributed by atoms with Gasteiger partial charge in [-0.15, -0.1) is 0 Å². The summed E-state index contributed by atoms with van der Waals surface area (Å²) in [6.45, 7) is 0. The average Bonchev–Trinajstić information content (AvgIpc) is 3.33. The normalized spacial score (nSPS) is 19.0. The van der Waals surface area contributed by atoms with Gasteiger partial charge in [0, 0.05) is 13.5 Å². The SMILES string of the molecule is CN1C(=O)C(c2ccccc2)(c2cccc(CC(=O)c3ccoc3)c2)N=C1N. The molecule has 2 N–H and O–H groups in total. The standard InChI is InChI=1S/C22H19N3O3/c1-25-20(27)22(24-21(25)23,17-7-3-2-4-8-17)18-9-5-6-15(12-18)13-19(26)16-10-11-28-14-16/h2-12,14H,13H2,1H3,(H2,23,24). The Morgan fingerprint density at radius 2 is 1.86 bits per heavy atom. The van der Waals surface area contributed by atoms with Crippen LogP contribution in [0.1, 0.15) is 27.0 Å². The molecule has 0 saturated carbocycles. The van der Waals surface area contributed by atoms with Gasteiger partial charge in [-0.1, -0.05) is 54.6 Å². The maximum Gasteiger partial charge on any atom is 0.266 e. The Hall–Kier alpha value is -3.67. The second kappa shape index (κ2) is 6.81. The summed E-state index contributed by atoms with van der Waals surface area (Å²) < 4.78 is 4.99. The van der Waals surface area contributed by atoms with E-state index in [0.29, 0.717) is 11.1 Å². The Morgan fingerprint density at radius 3 is 2.50 bits per heavy atom. The number of Topliss-reactive ketones (excluding diaryl/α,β-unsaturated/α-hetero) is 1. The summed E-state index contributed by atoms with van der Waals surface area (Å²) >= 11 is 0. The summed E-state index contributed by atoms with van der Waals surface area (Å²) in [5.74, 6) is -0.124. The molecule has 0 saturated heterocycles. The van der Waals surface area contributed by atoms with Crippen LogP contribution in [0.5, 0.6) is 0 Å². The highest BCUT2D eigenvalue weighted by Gasteiger charge is 2.49. The third-order valence-electron chi connectivity index (χ3n) is 4.98. The van der Waals surface area contributed by atoms with Crippen LogP contribution >= 0.6 is 0 Å². The molecule has 1 aliphatic rings. The first-order chi connectivity index (χ1) is 13.5. The quantitative estimate of drug-likeness (QED) is 0.697. The van der Waals surface area contributed by atoms with Gasteiger partial charge in [-0.2, -0.15) is 0 Å².